The first-order chi connectivity index (χ1) is 9.22. The molecule has 3 heteroatoms. The Labute approximate surface area is 113 Å². The first-order valence-corrected chi connectivity index (χ1v) is 6.43. The quantitative estimate of drug-likeness (QED) is 0.917. The normalized spacial score (nSPS) is 16.8. The van der Waals surface area contributed by atoms with E-state index in [1.165, 1.54) is 5.56 Å². The number of ether oxygens (including phenoxy) is 2. The zero-order valence-electron chi connectivity index (χ0n) is 10.9. The van der Waals surface area contributed by atoms with Gasteiger partial charge < -0.3 is 15.2 Å². The van der Waals surface area contributed by atoms with Gasteiger partial charge in [-0.2, -0.15) is 0 Å². The van der Waals surface area contributed by atoms with Crippen molar-refractivity contribution in [3.05, 3.63) is 59.2 Å². The molecule has 2 aromatic carbocycles. The zero-order chi connectivity index (χ0) is 13.2. The van der Waals surface area contributed by atoms with E-state index in [0.717, 1.165) is 22.6 Å². The summed E-state index contributed by atoms with van der Waals surface area (Å²) in [5, 5.41) is 0. The van der Waals surface area contributed by atoms with E-state index in [-0.39, 0.29) is 6.04 Å². The number of benzene rings is 2. The molecular formula is C16H17NO2. The van der Waals surface area contributed by atoms with Gasteiger partial charge >= 0.3 is 0 Å². The molecule has 0 amide bonds. The summed E-state index contributed by atoms with van der Waals surface area (Å²) >= 11 is 0. The van der Waals surface area contributed by atoms with Crippen LogP contribution in [0.2, 0.25) is 0 Å². The third kappa shape index (κ3) is 2.56. The molecule has 3 nitrogen and oxygen atoms in total. The van der Waals surface area contributed by atoms with Gasteiger partial charge in [-0.3, -0.25) is 0 Å². The van der Waals surface area contributed by atoms with Gasteiger partial charge in [-0.1, -0.05) is 29.8 Å². The van der Waals surface area contributed by atoms with Gasteiger partial charge in [0, 0.05) is 11.6 Å². The van der Waals surface area contributed by atoms with Crippen LogP contribution in [-0.4, -0.2) is 6.61 Å². The molecule has 0 spiro atoms. The van der Waals surface area contributed by atoms with E-state index in [0.29, 0.717) is 13.2 Å². The first-order valence-electron chi connectivity index (χ1n) is 6.43. The summed E-state index contributed by atoms with van der Waals surface area (Å²) in [6.07, 6.45) is 0. The Kier molecular flexibility index (Phi) is 3.13. The molecule has 0 saturated carbocycles. The maximum absolute atomic E-state index is 5.91. The molecule has 1 aliphatic heterocycles. The lowest BCUT2D eigenvalue weighted by Gasteiger charge is -2.08. The SMILES string of the molecule is Cc1ccc(COc2ccc3c(c2)OCC3N)cc1. The molecule has 1 atom stereocenters. The minimum absolute atomic E-state index is 0.0128. The molecule has 0 saturated heterocycles. The predicted octanol–water partition coefficient (Wildman–Crippen LogP) is 2.97. The fourth-order valence-corrected chi connectivity index (χ4v) is 2.16. The maximum Gasteiger partial charge on any atom is 0.127 e. The largest absolute Gasteiger partial charge is 0.491 e. The molecule has 0 aromatic heterocycles. The molecule has 3 rings (SSSR count). The van der Waals surface area contributed by atoms with E-state index in [2.05, 4.69) is 31.2 Å². The standard InChI is InChI=1S/C16H17NO2/c1-11-2-4-12(5-3-11)9-18-13-6-7-14-15(17)10-19-16(14)8-13/h2-8,15H,9-10,17H2,1H3. The van der Waals surface area contributed by atoms with E-state index >= 15 is 0 Å². The Balaban J connectivity index is 1.69. The topological polar surface area (TPSA) is 44.5 Å². The molecule has 0 bridgehead atoms. The number of hydrogen-bond acceptors (Lipinski definition) is 3. The van der Waals surface area contributed by atoms with Gasteiger partial charge in [0.1, 0.15) is 24.7 Å². The van der Waals surface area contributed by atoms with Gasteiger partial charge in [-0.05, 0) is 24.6 Å². The monoisotopic (exact) mass is 255 g/mol. The highest BCUT2D eigenvalue weighted by Gasteiger charge is 2.20. The van der Waals surface area contributed by atoms with Crippen LogP contribution in [0.3, 0.4) is 0 Å². The highest BCUT2D eigenvalue weighted by Crippen LogP contribution is 2.34. The van der Waals surface area contributed by atoms with Crippen LogP contribution in [0.25, 0.3) is 0 Å². The summed E-state index contributed by atoms with van der Waals surface area (Å²) in [7, 11) is 0. The van der Waals surface area contributed by atoms with E-state index in [9.17, 15) is 0 Å². The van der Waals surface area contributed by atoms with Crippen LogP contribution in [0.5, 0.6) is 11.5 Å². The van der Waals surface area contributed by atoms with Crippen molar-refractivity contribution in [3.8, 4) is 11.5 Å². The minimum Gasteiger partial charge on any atom is -0.491 e. The van der Waals surface area contributed by atoms with E-state index in [1.807, 2.05) is 18.2 Å². The van der Waals surface area contributed by atoms with Crippen LogP contribution >= 0.6 is 0 Å². The van der Waals surface area contributed by atoms with Crippen LogP contribution in [-0.2, 0) is 6.61 Å². The highest BCUT2D eigenvalue weighted by atomic mass is 16.5. The number of nitrogens with two attached hydrogens (primary N) is 1. The molecule has 1 heterocycles. The van der Waals surface area contributed by atoms with Crippen LogP contribution in [0, 0.1) is 6.92 Å². The van der Waals surface area contributed by atoms with Gasteiger partial charge in [0.25, 0.3) is 0 Å². The minimum atomic E-state index is -0.0128. The number of fused-ring (bicyclic) bond motifs is 1. The molecule has 19 heavy (non-hydrogen) atoms. The lowest BCUT2D eigenvalue weighted by atomic mass is 10.1. The Hall–Kier alpha value is -2.00. The lowest BCUT2D eigenvalue weighted by Crippen LogP contribution is -2.10. The second-order valence-corrected chi connectivity index (χ2v) is 4.89. The van der Waals surface area contributed by atoms with Gasteiger partial charge in [0.2, 0.25) is 0 Å². The molecular weight excluding hydrogens is 238 g/mol. The fourth-order valence-electron chi connectivity index (χ4n) is 2.16. The number of aryl methyl sites for hydroxylation is 1. The van der Waals surface area contributed by atoms with Gasteiger partial charge in [-0.15, -0.1) is 0 Å². The van der Waals surface area contributed by atoms with E-state index in [1.54, 1.807) is 0 Å². The predicted molar refractivity (Wildman–Crippen MR) is 74.4 cm³/mol. The molecule has 0 fully saturated rings. The van der Waals surface area contributed by atoms with Crippen LogP contribution in [0.1, 0.15) is 22.7 Å². The van der Waals surface area contributed by atoms with Crippen molar-refractivity contribution < 1.29 is 9.47 Å². The summed E-state index contributed by atoms with van der Waals surface area (Å²) in [4.78, 5) is 0. The average molecular weight is 255 g/mol. The highest BCUT2D eigenvalue weighted by molar-refractivity contribution is 5.44. The fraction of sp³-hybridized carbons (Fsp3) is 0.250. The van der Waals surface area contributed by atoms with E-state index < -0.39 is 0 Å². The second-order valence-electron chi connectivity index (χ2n) is 4.89. The maximum atomic E-state index is 5.91. The summed E-state index contributed by atoms with van der Waals surface area (Å²) in [5.41, 5.74) is 9.38. The lowest BCUT2D eigenvalue weighted by molar-refractivity contribution is 0.301. The van der Waals surface area contributed by atoms with Gasteiger partial charge in [0.05, 0.1) is 6.04 Å². The van der Waals surface area contributed by atoms with Crippen molar-refractivity contribution in [2.75, 3.05) is 6.61 Å². The summed E-state index contributed by atoms with van der Waals surface area (Å²) in [5.74, 6) is 1.65. The average Bonchev–Trinajstić information content (AvgIpc) is 2.79. The van der Waals surface area contributed by atoms with Crippen molar-refractivity contribution in [1.82, 2.24) is 0 Å². The molecule has 2 N–H and O–H groups in total. The summed E-state index contributed by atoms with van der Waals surface area (Å²) in [6.45, 7) is 3.19. The zero-order valence-corrected chi connectivity index (χ0v) is 10.9. The summed E-state index contributed by atoms with van der Waals surface area (Å²) < 4.78 is 11.3. The number of hydrogen-bond donors (Lipinski definition) is 1. The molecule has 98 valence electrons. The third-order valence-electron chi connectivity index (χ3n) is 3.33. The Bertz CT molecular complexity index is 578. The second kappa shape index (κ2) is 4.94. The molecule has 1 aliphatic rings. The van der Waals surface area contributed by atoms with Crippen LogP contribution < -0.4 is 15.2 Å². The van der Waals surface area contributed by atoms with Crippen molar-refractivity contribution in [3.63, 3.8) is 0 Å². The van der Waals surface area contributed by atoms with Crippen molar-refractivity contribution in [2.45, 2.75) is 19.6 Å². The molecule has 0 aliphatic carbocycles. The Morgan fingerprint density at radius 1 is 1.21 bits per heavy atom. The van der Waals surface area contributed by atoms with Crippen molar-refractivity contribution >= 4 is 0 Å². The number of rotatable bonds is 3. The summed E-state index contributed by atoms with van der Waals surface area (Å²) in [6, 6.07) is 14.2. The third-order valence-corrected chi connectivity index (χ3v) is 3.33. The molecule has 2 aromatic rings. The van der Waals surface area contributed by atoms with Gasteiger partial charge in [-0.25, -0.2) is 0 Å². The molecule has 0 radical (unpaired) electrons. The Morgan fingerprint density at radius 3 is 2.79 bits per heavy atom. The molecule has 1 unspecified atom stereocenters. The smallest absolute Gasteiger partial charge is 0.127 e. The first kappa shape index (κ1) is 12.1. The van der Waals surface area contributed by atoms with Crippen LogP contribution in [0.4, 0.5) is 0 Å². The van der Waals surface area contributed by atoms with Gasteiger partial charge in [0.15, 0.2) is 0 Å². The van der Waals surface area contributed by atoms with E-state index in [4.69, 9.17) is 15.2 Å². The van der Waals surface area contributed by atoms with Crippen LogP contribution in [0.15, 0.2) is 42.5 Å². The van der Waals surface area contributed by atoms with Crippen molar-refractivity contribution in [2.24, 2.45) is 5.73 Å². The van der Waals surface area contributed by atoms with Crippen molar-refractivity contribution in [1.29, 1.82) is 0 Å². The Morgan fingerprint density at radius 2 is 2.00 bits per heavy atom.